The van der Waals surface area contributed by atoms with Gasteiger partial charge in [-0.25, -0.2) is 12.8 Å². The second-order valence-corrected chi connectivity index (χ2v) is 6.95. The number of para-hydroxylation sites is 1. The van der Waals surface area contributed by atoms with Crippen molar-refractivity contribution in [2.75, 3.05) is 4.31 Å². The summed E-state index contributed by atoms with van der Waals surface area (Å²) in [6, 6.07) is 14.3. The lowest BCUT2D eigenvalue weighted by molar-refractivity contribution is 0.583. The van der Waals surface area contributed by atoms with Gasteiger partial charge in [0.15, 0.2) is 0 Å². The third-order valence-electron chi connectivity index (χ3n) is 3.04. The Labute approximate surface area is 125 Å². The van der Waals surface area contributed by atoms with Crippen LogP contribution in [0.5, 0.6) is 0 Å². The SMILES string of the molecule is CC(C)N(c1ccccc1)S(=O)(=O)Cc1ccc(F)cc1. The zero-order chi connectivity index (χ0) is 15.5. The van der Waals surface area contributed by atoms with Gasteiger partial charge in [-0.3, -0.25) is 4.31 Å². The molecule has 0 unspecified atom stereocenters. The maximum absolute atomic E-state index is 12.9. The first-order valence-corrected chi connectivity index (χ1v) is 8.32. The summed E-state index contributed by atoms with van der Waals surface area (Å²) in [5, 5.41) is 0. The van der Waals surface area contributed by atoms with Crippen LogP contribution in [-0.2, 0) is 15.8 Å². The van der Waals surface area contributed by atoms with Gasteiger partial charge in [0, 0.05) is 6.04 Å². The van der Waals surface area contributed by atoms with Crippen molar-refractivity contribution in [3.63, 3.8) is 0 Å². The Morgan fingerprint density at radius 1 is 1.00 bits per heavy atom. The number of rotatable bonds is 5. The average Bonchev–Trinajstić information content (AvgIpc) is 2.41. The smallest absolute Gasteiger partial charge is 0.239 e. The molecule has 0 aliphatic rings. The van der Waals surface area contributed by atoms with E-state index >= 15 is 0 Å². The monoisotopic (exact) mass is 307 g/mol. The molecule has 0 atom stereocenters. The zero-order valence-corrected chi connectivity index (χ0v) is 12.8. The molecule has 0 fully saturated rings. The lowest BCUT2D eigenvalue weighted by Crippen LogP contribution is -2.37. The van der Waals surface area contributed by atoms with Gasteiger partial charge in [-0.05, 0) is 43.7 Å². The molecule has 2 aromatic carbocycles. The quantitative estimate of drug-likeness (QED) is 0.847. The molecule has 112 valence electrons. The molecule has 0 aromatic heterocycles. The van der Waals surface area contributed by atoms with Crippen LogP contribution in [0.4, 0.5) is 10.1 Å². The Hall–Kier alpha value is -1.88. The van der Waals surface area contributed by atoms with Crippen LogP contribution in [0, 0.1) is 5.82 Å². The van der Waals surface area contributed by atoms with Gasteiger partial charge >= 0.3 is 0 Å². The van der Waals surface area contributed by atoms with Crippen molar-refractivity contribution in [2.45, 2.75) is 25.6 Å². The van der Waals surface area contributed by atoms with E-state index in [-0.39, 0.29) is 17.6 Å². The highest BCUT2D eigenvalue weighted by Crippen LogP contribution is 2.23. The van der Waals surface area contributed by atoms with E-state index in [1.807, 2.05) is 19.9 Å². The summed E-state index contributed by atoms with van der Waals surface area (Å²) in [5.74, 6) is -0.527. The molecule has 0 saturated heterocycles. The minimum Gasteiger partial charge on any atom is -0.267 e. The summed E-state index contributed by atoms with van der Waals surface area (Å²) in [6.07, 6.45) is 0. The van der Waals surface area contributed by atoms with E-state index in [0.717, 1.165) is 0 Å². The number of hydrogen-bond donors (Lipinski definition) is 0. The molecule has 0 heterocycles. The van der Waals surface area contributed by atoms with Gasteiger partial charge in [-0.1, -0.05) is 30.3 Å². The van der Waals surface area contributed by atoms with Crippen molar-refractivity contribution < 1.29 is 12.8 Å². The Morgan fingerprint density at radius 3 is 2.10 bits per heavy atom. The first-order valence-electron chi connectivity index (χ1n) is 6.72. The lowest BCUT2D eigenvalue weighted by atomic mass is 10.2. The molecule has 0 bridgehead atoms. The first kappa shape index (κ1) is 15.5. The fraction of sp³-hybridized carbons (Fsp3) is 0.250. The van der Waals surface area contributed by atoms with Crippen molar-refractivity contribution in [1.82, 2.24) is 0 Å². The molecule has 2 aromatic rings. The van der Waals surface area contributed by atoms with Gasteiger partial charge < -0.3 is 0 Å². The van der Waals surface area contributed by atoms with Crippen molar-refractivity contribution in [3.8, 4) is 0 Å². The topological polar surface area (TPSA) is 37.4 Å². The molecule has 0 spiro atoms. The second kappa shape index (κ2) is 6.26. The number of anilines is 1. The average molecular weight is 307 g/mol. The van der Waals surface area contributed by atoms with Crippen LogP contribution < -0.4 is 4.31 Å². The van der Waals surface area contributed by atoms with Gasteiger partial charge in [0.2, 0.25) is 10.0 Å². The largest absolute Gasteiger partial charge is 0.267 e. The van der Waals surface area contributed by atoms with Crippen LogP contribution in [0.3, 0.4) is 0 Å². The maximum Gasteiger partial charge on any atom is 0.239 e. The summed E-state index contributed by atoms with van der Waals surface area (Å²) in [4.78, 5) is 0. The number of halogens is 1. The predicted octanol–water partition coefficient (Wildman–Crippen LogP) is 3.57. The fourth-order valence-corrected chi connectivity index (χ4v) is 4.05. The summed E-state index contributed by atoms with van der Waals surface area (Å²) in [5.41, 5.74) is 1.20. The van der Waals surface area contributed by atoms with Gasteiger partial charge in [-0.2, -0.15) is 0 Å². The molecule has 0 aliphatic heterocycles. The molecule has 5 heteroatoms. The highest BCUT2D eigenvalue weighted by molar-refractivity contribution is 7.92. The molecule has 0 N–H and O–H groups in total. The van der Waals surface area contributed by atoms with Crippen LogP contribution in [0.15, 0.2) is 54.6 Å². The third-order valence-corrected chi connectivity index (χ3v) is 4.97. The minimum absolute atomic E-state index is 0.152. The Morgan fingerprint density at radius 2 is 1.57 bits per heavy atom. The zero-order valence-electron chi connectivity index (χ0n) is 12.0. The summed E-state index contributed by atoms with van der Waals surface area (Å²) < 4.78 is 39.6. The van der Waals surface area contributed by atoms with E-state index in [1.165, 1.54) is 28.6 Å². The van der Waals surface area contributed by atoms with Gasteiger partial charge in [0.05, 0.1) is 11.4 Å². The van der Waals surface area contributed by atoms with E-state index < -0.39 is 10.0 Å². The van der Waals surface area contributed by atoms with Crippen molar-refractivity contribution in [2.24, 2.45) is 0 Å². The minimum atomic E-state index is -3.53. The molecule has 0 radical (unpaired) electrons. The molecule has 21 heavy (non-hydrogen) atoms. The van der Waals surface area contributed by atoms with Crippen molar-refractivity contribution in [3.05, 3.63) is 66.0 Å². The van der Waals surface area contributed by atoms with E-state index in [2.05, 4.69) is 0 Å². The molecule has 0 amide bonds. The van der Waals surface area contributed by atoms with Gasteiger partial charge in [0.1, 0.15) is 5.82 Å². The van der Waals surface area contributed by atoms with Crippen LogP contribution in [0.25, 0.3) is 0 Å². The predicted molar refractivity (Wildman–Crippen MR) is 83.1 cm³/mol. The summed E-state index contributed by atoms with van der Waals surface area (Å²) in [6.45, 7) is 3.66. The molecule has 3 nitrogen and oxygen atoms in total. The van der Waals surface area contributed by atoms with Gasteiger partial charge in [0.25, 0.3) is 0 Å². The van der Waals surface area contributed by atoms with Crippen molar-refractivity contribution in [1.29, 1.82) is 0 Å². The summed E-state index contributed by atoms with van der Waals surface area (Å²) in [7, 11) is -3.53. The Balaban J connectivity index is 2.33. The van der Waals surface area contributed by atoms with Crippen LogP contribution in [0.1, 0.15) is 19.4 Å². The number of benzene rings is 2. The first-order chi connectivity index (χ1) is 9.90. The summed E-state index contributed by atoms with van der Waals surface area (Å²) >= 11 is 0. The molecular weight excluding hydrogens is 289 g/mol. The number of nitrogens with zero attached hydrogens (tertiary/aromatic N) is 1. The van der Waals surface area contributed by atoms with Gasteiger partial charge in [-0.15, -0.1) is 0 Å². The standard InChI is InChI=1S/C16H18FNO2S/c1-13(2)18(16-6-4-3-5-7-16)21(19,20)12-14-8-10-15(17)11-9-14/h3-11,13H,12H2,1-2H3. The van der Waals surface area contributed by atoms with E-state index in [4.69, 9.17) is 0 Å². The highest BCUT2D eigenvalue weighted by Gasteiger charge is 2.25. The fourth-order valence-electron chi connectivity index (χ4n) is 2.22. The molecule has 0 saturated carbocycles. The number of hydrogen-bond acceptors (Lipinski definition) is 2. The van der Waals surface area contributed by atoms with E-state index in [0.29, 0.717) is 11.3 Å². The Bertz CT molecular complexity index is 682. The molecule has 0 aliphatic carbocycles. The molecule has 2 rings (SSSR count). The van der Waals surface area contributed by atoms with Crippen molar-refractivity contribution >= 4 is 15.7 Å². The molecular formula is C16H18FNO2S. The number of sulfonamides is 1. The van der Waals surface area contributed by atoms with E-state index in [1.54, 1.807) is 24.3 Å². The lowest BCUT2D eigenvalue weighted by Gasteiger charge is -2.28. The normalized spacial score (nSPS) is 11.6. The maximum atomic E-state index is 12.9. The third kappa shape index (κ3) is 3.82. The Kier molecular flexibility index (Phi) is 4.63. The second-order valence-electron chi connectivity index (χ2n) is 5.11. The van der Waals surface area contributed by atoms with Crippen LogP contribution >= 0.6 is 0 Å². The highest BCUT2D eigenvalue weighted by atomic mass is 32.2. The van der Waals surface area contributed by atoms with Crippen LogP contribution in [0.2, 0.25) is 0 Å². The van der Waals surface area contributed by atoms with E-state index in [9.17, 15) is 12.8 Å². The van der Waals surface area contributed by atoms with Crippen LogP contribution in [-0.4, -0.2) is 14.5 Å².